The Morgan fingerprint density at radius 2 is 2.00 bits per heavy atom. The number of carboxylic acid groups (broad SMARTS) is 1. The van der Waals surface area contributed by atoms with Crippen molar-refractivity contribution in [2.45, 2.75) is 13.3 Å². The van der Waals surface area contributed by atoms with Gasteiger partial charge < -0.3 is 15.2 Å². The van der Waals surface area contributed by atoms with Gasteiger partial charge in [-0.05, 0) is 36.6 Å². The summed E-state index contributed by atoms with van der Waals surface area (Å²) in [6, 6.07) is 1.59. The normalized spacial score (nSPS) is 27.9. The molecular weight excluding hydrogens is 318 g/mol. The SMILES string of the molecule is CCOC(=O)c1ccsc1NC(=O)[C@H]1[C@@H](C(=O)O)[C@H]2C=C[C@H]1C2. The molecule has 1 heterocycles. The number of amides is 1. The summed E-state index contributed by atoms with van der Waals surface area (Å²) in [6.07, 6.45) is 4.52. The summed E-state index contributed by atoms with van der Waals surface area (Å²) in [5.41, 5.74) is 0.302. The average molecular weight is 335 g/mol. The van der Waals surface area contributed by atoms with E-state index in [9.17, 15) is 19.5 Å². The second-order valence-electron chi connectivity index (χ2n) is 5.71. The Morgan fingerprint density at radius 3 is 2.65 bits per heavy atom. The minimum Gasteiger partial charge on any atom is -0.481 e. The fraction of sp³-hybridized carbons (Fsp3) is 0.438. The number of carboxylic acids is 1. The van der Waals surface area contributed by atoms with Crippen LogP contribution in [0.4, 0.5) is 5.00 Å². The highest BCUT2D eigenvalue weighted by Crippen LogP contribution is 2.48. The lowest BCUT2D eigenvalue weighted by Crippen LogP contribution is -2.36. The van der Waals surface area contributed by atoms with E-state index in [0.29, 0.717) is 17.0 Å². The van der Waals surface area contributed by atoms with Crippen molar-refractivity contribution in [3.8, 4) is 0 Å². The molecule has 0 saturated heterocycles. The maximum atomic E-state index is 12.6. The van der Waals surface area contributed by atoms with E-state index < -0.39 is 23.8 Å². The number of carbonyl (C=O) groups is 3. The van der Waals surface area contributed by atoms with Gasteiger partial charge in [0.1, 0.15) is 5.00 Å². The fourth-order valence-corrected chi connectivity index (χ4v) is 4.27. The van der Waals surface area contributed by atoms with Crippen LogP contribution in [0.25, 0.3) is 0 Å². The molecule has 23 heavy (non-hydrogen) atoms. The molecule has 1 fully saturated rings. The summed E-state index contributed by atoms with van der Waals surface area (Å²) in [7, 11) is 0. The van der Waals surface area contributed by atoms with Crippen molar-refractivity contribution < 1.29 is 24.2 Å². The number of ether oxygens (including phenoxy) is 1. The zero-order valence-corrected chi connectivity index (χ0v) is 13.3. The molecule has 2 aliphatic rings. The Bertz CT molecular complexity index is 680. The Balaban J connectivity index is 1.78. The van der Waals surface area contributed by atoms with Gasteiger partial charge in [0.25, 0.3) is 0 Å². The van der Waals surface area contributed by atoms with Gasteiger partial charge in [-0.15, -0.1) is 11.3 Å². The van der Waals surface area contributed by atoms with Crippen LogP contribution in [0.3, 0.4) is 0 Å². The summed E-state index contributed by atoms with van der Waals surface area (Å²) in [6.45, 7) is 1.96. The van der Waals surface area contributed by atoms with Gasteiger partial charge in [0.05, 0.1) is 24.0 Å². The summed E-state index contributed by atoms with van der Waals surface area (Å²) in [5.74, 6) is -3.21. The van der Waals surface area contributed by atoms with Crippen molar-refractivity contribution in [3.63, 3.8) is 0 Å². The van der Waals surface area contributed by atoms with Gasteiger partial charge in [0.15, 0.2) is 0 Å². The minimum atomic E-state index is -0.946. The first-order valence-corrected chi connectivity index (χ1v) is 8.37. The molecule has 4 atom stereocenters. The molecule has 1 aromatic heterocycles. The number of rotatable bonds is 5. The maximum Gasteiger partial charge on any atom is 0.341 e. The second kappa shape index (κ2) is 6.16. The number of carbonyl (C=O) groups excluding carboxylic acids is 2. The number of allylic oxidation sites excluding steroid dienone is 2. The van der Waals surface area contributed by atoms with E-state index >= 15 is 0 Å². The van der Waals surface area contributed by atoms with Gasteiger partial charge in [-0.25, -0.2) is 4.79 Å². The number of anilines is 1. The fourth-order valence-electron chi connectivity index (χ4n) is 3.49. The number of thiophene rings is 1. The Labute approximate surface area is 137 Å². The lowest BCUT2D eigenvalue weighted by molar-refractivity contribution is -0.146. The minimum absolute atomic E-state index is 0.0490. The summed E-state index contributed by atoms with van der Waals surface area (Å²) in [5, 5.41) is 14.2. The van der Waals surface area contributed by atoms with Crippen LogP contribution in [0.5, 0.6) is 0 Å². The molecule has 7 heteroatoms. The highest BCUT2D eigenvalue weighted by molar-refractivity contribution is 7.14. The van der Waals surface area contributed by atoms with Crippen molar-refractivity contribution in [2.24, 2.45) is 23.7 Å². The van der Waals surface area contributed by atoms with E-state index in [-0.39, 0.29) is 24.3 Å². The molecule has 2 bridgehead atoms. The third-order valence-corrected chi connectivity index (χ3v) is 5.27. The van der Waals surface area contributed by atoms with Gasteiger partial charge in [0, 0.05) is 0 Å². The lowest BCUT2D eigenvalue weighted by atomic mass is 9.82. The Morgan fingerprint density at radius 1 is 1.30 bits per heavy atom. The molecule has 2 aliphatic carbocycles. The molecule has 0 spiro atoms. The molecule has 2 N–H and O–H groups in total. The first kappa shape index (κ1) is 15.7. The van der Waals surface area contributed by atoms with Gasteiger partial charge >= 0.3 is 11.9 Å². The molecule has 0 radical (unpaired) electrons. The third-order valence-electron chi connectivity index (χ3n) is 4.44. The van der Waals surface area contributed by atoms with Gasteiger partial charge in [-0.3, -0.25) is 9.59 Å². The van der Waals surface area contributed by atoms with Gasteiger partial charge in [0.2, 0.25) is 5.91 Å². The van der Waals surface area contributed by atoms with E-state index in [0.717, 1.165) is 0 Å². The van der Waals surface area contributed by atoms with Crippen LogP contribution >= 0.6 is 11.3 Å². The molecular formula is C16H17NO5S. The lowest BCUT2D eigenvalue weighted by Gasteiger charge is -2.23. The van der Waals surface area contributed by atoms with Gasteiger partial charge in [-0.2, -0.15) is 0 Å². The Kier molecular flexibility index (Phi) is 4.21. The van der Waals surface area contributed by atoms with Crippen molar-refractivity contribution in [3.05, 3.63) is 29.2 Å². The number of aliphatic carboxylic acids is 1. The first-order valence-electron chi connectivity index (χ1n) is 7.49. The van der Waals surface area contributed by atoms with Crippen molar-refractivity contribution in [2.75, 3.05) is 11.9 Å². The van der Waals surface area contributed by atoms with E-state index in [2.05, 4.69) is 5.32 Å². The molecule has 122 valence electrons. The molecule has 1 saturated carbocycles. The average Bonchev–Trinajstić information content (AvgIpc) is 3.21. The summed E-state index contributed by atoms with van der Waals surface area (Å²) >= 11 is 1.22. The van der Waals surface area contributed by atoms with Gasteiger partial charge in [-0.1, -0.05) is 12.2 Å². The third kappa shape index (κ3) is 2.76. The molecule has 1 aromatic rings. The molecule has 0 aromatic carbocycles. The highest BCUT2D eigenvalue weighted by atomic mass is 32.1. The van der Waals surface area contributed by atoms with Crippen LogP contribution in [0, 0.1) is 23.7 Å². The van der Waals surface area contributed by atoms with E-state index in [1.807, 2.05) is 12.2 Å². The molecule has 6 nitrogen and oxygen atoms in total. The van der Waals surface area contributed by atoms with E-state index in [4.69, 9.17) is 4.74 Å². The van der Waals surface area contributed by atoms with Crippen LogP contribution in [0.1, 0.15) is 23.7 Å². The highest BCUT2D eigenvalue weighted by Gasteiger charge is 2.51. The molecule has 3 rings (SSSR count). The number of esters is 1. The number of nitrogens with one attached hydrogen (secondary N) is 1. The zero-order valence-electron chi connectivity index (χ0n) is 12.5. The summed E-state index contributed by atoms with van der Waals surface area (Å²) in [4.78, 5) is 35.9. The van der Waals surface area contributed by atoms with Crippen LogP contribution in [-0.2, 0) is 14.3 Å². The quantitative estimate of drug-likeness (QED) is 0.636. The number of hydrogen-bond donors (Lipinski definition) is 2. The largest absolute Gasteiger partial charge is 0.481 e. The standard InChI is InChI=1S/C16H17NO5S/c1-2-22-16(21)10-5-6-23-14(10)17-13(18)11-8-3-4-9(7-8)12(11)15(19)20/h3-6,8-9,11-12H,2,7H2,1H3,(H,17,18)(H,19,20)/t8-,9-,11+,12-/m0/s1. The Hall–Kier alpha value is -2.15. The van der Waals surface area contributed by atoms with Crippen molar-refractivity contribution in [1.82, 2.24) is 0 Å². The predicted octanol–water partition coefficient (Wildman–Crippen LogP) is 2.39. The predicted molar refractivity (Wildman–Crippen MR) is 84.3 cm³/mol. The van der Waals surface area contributed by atoms with Crippen molar-refractivity contribution in [1.29, 1.82) is 0 Å². The molecule has 1 amide bonds. The molecule has 0 aliphatic heterocycles. The van der Waals surface area contributed by atoms with Crippen LogP contribution in [0.2, 0.25) is 0 Å². The van der Waals surface area contributed by atoms with Crippen LogP contribution in [-0.4, -0.2) is 29.6 Å². The molecule has 0 unspecified atom stereocenters. The van der Waals surface area contributed by atoms with Crippen molar-refractivity contribution >= 4 is 34.2 Å². The smallest absolute Gasteiger partial charge is 0.341 e. The summed E-state index contributed by atoms with van der Waals surface area (Å²) < 4.78 is 4.95. The second-order valence-corrected chi connectivity index (χ2v) is 6.63. The number of fused-ring (bicyclic) bond motifs is 2. The monoisotopic (exact) mass is 335 g/mol. The van der Waals surface area contributed by atoms with E-state index in [1.54, 1.807) is 18.4 Å². The first-order chi connectivity index (χ1) is 11.0. The van der Waals surface area contributed by atoms with Crippen LogP contribution in [0.15, 0.2) is 23.6 Å². The number of hydrogen-bond acceptors (Lipinski definition) is 5. The maximum absolute atomic E-state index is 12.6. The van der Waals surface area contributed by atoms with E-state index in [1.165, 1.54) is 11.3 Å². The zero-order chi connectivity index (χ0) is 16.6. The topological polar surface area (TPSA) is 92.7 Å². The van der Waals surface area contributed by atoms with Crippen LogP contribution < -0.4 is 5.32 Å².